The SMILES string of the molecule is COCCOCCOc1cc(C)c(S(=O)(=O)Cl)c(C)c1. The molecular formula is C13H19ClO5S. The summed E-state index contributed by atoms with van der Waals surface area (Å²) in [6.07, 6.45) is 0. The van der Waals surface area contributed by atoms with E-state index < -0.39 is 9.05 Å². The highest BCUT2D eigenvalue weighted by molar-refractivity contribution is 8.13. The second-order valence-electron chi connectivity index (χ2n) is 4.28. The molecular weight excluding hydrogens is 304 g/mol. The lowest BCUT2D eigenvalue weighted by atomic mass is 10.1. The fourth-order valence-electron chi connectivity index (χ4n) is 1.84. The van der Waals surface area contributed by atoms with Gasteiger partial charge in [0.25, 0.3) is 9.05 Å². The zero-order valence-electron chi connectivity index (χ0n) is 11.8. The topological polar surface area (TPSA) is 61.8 Å². The van der Waals surface area contributed by atoms with Crippen LogP contribution in [-0.2, 0) is 18.5 Å². The number of rotatable bonds is 8. The van der Waals surface area contributed by atoms with Crippen LogP contribution in [0.2, 0.25) is 0 Å². The quantitative estimate of drug-likeness (QED) is 0.543. The van der Waals surface area contributed by atoms with E-state index >= 15 is 0 Å². The van der Waals surface area contributed by atoms with Gasteiger partial charge in [0.1, 0.15) is 12.4 Å². The van der Waals surface area contributed by atoms with Gasteiger partial charge in [0, 0.05) is 17.8 Å². The van der Waals surface area contributed by atoms with Gasteiger partial charge in [-0.1, -0.05) is 0 Å². The Kier molecular flexibility index (Phi) is 6.75. The van der Waals surface area contributed by atoms with Crippen LogP contribution in [0.15, 0.2) is 17.0 Å². The largest absolute Gasteiger partial charge is 0.491 e. The molecule has 1 rings (SSSR count). The van der Waals surface area contributed by atoms with Gasteiger partial charge in [0.15, 0.2) is 0 Å². The molecule has 0 aromatic heterocycles. The van der Waals surface area contributed by atoms with Crippen molar-refractivity contribution >= 4 is 19.7 Å². The van der Waals surface area contributed by atoms with Crippen LogP contribution < -0.4 is 4.74 Å². The van der Waals surface area contributed by atoms with Crippen molar-refractivity contribution in [2.45, 2.75) is 18.7 Å². The van der Waals surface area contributed by atoms with Crippen molar-refractivity contribution in [2.24, 2.45) is 0 Å². The Morgan fingerprint density at radius 1 is 1.05 bits per heavy atom. The Morgan fingerprint density at radius 2 is 1.60 bits per heavy atom. The monoisotopic (exact) mass is 322 g/mol. The third kappa shape index (κ3) is 5.28. The maximum Gasteiger partial charge on any atom is 0.261 e. The van der Waals surface area contributed by atoms with Gasteiger partial charge < -0.3 is 14.2 Å². The summed E-state index contributed by atoms with van der Waals surface area (Å²) in [6, 6.07) is 3.30. The molecule has 0 aliphatic rings. The smallest absolute Gasteiger partial charge is 0.261 e. The molecule has 0 saturated carbocycles. The van der Waals surface area contributed by atoms with Crippen LogP contribution in [0.1, 0.15) is 11.1 Å². The number of halogens is 1. The van der Waals surface area contributed by atoms with E-state index in [2.05, 4.69) is 0 Å². The lowest BCUT2D eigenvalue weighted by Crippen LogP contribution is -2.10. The molecule has 0 heterocycles. The fraction of sp³-hybridized carbons (Fsp3) is 0.538. The number of benzene rings is 1. The van der Waals surface area contributed by atoms with E-state index in [0.717, 1.165) is 0 Å². The maximum atomic E-state index is 11.4. The van der Waals surface area contributed by atoms with Crippen molar-refractivity contribution in [3.63, 3.8) is 0 Å². The first-order valence-corrected chi connectivity index (χ1v) is 8.42. The number of hydrogen-bond donors (Lipinski definition) is 0. The molecule has 1 aromatic carbocycles. The van der Waals surface area contributed by atoms with Gasteiger partial charge >= 0.3 is 0 Å². The second kappa shape index (κ2) is 7.83. The van der Waals surface area contributed by atoms with Crippen molar-refractivity contribution in [3.05, 3.63) is 23.3 Å². The van der Waals surface area contributed by atoms with Crippen LogP contribution in [0.4, 0.5) is 0 Å². The zero-order chi connectivity index (χ0) is 15.2. The molecule has 0 fully saturated rings. The normalized spacial score (nSPS) is 11.6. The summed E-state index contributed by atoms with van der Waals surface area (Å²) in [4.78, 5) is 0.142. The lowest BCUT2D eigenvalue weighted by molar-refractivity contribution is 0.0544. The summed E-state index contributed by atoms with van der Waals surface area (Å²) in [5.74, 6) is 0.597. The number of methoxy groups -OCH3 is 1. The van der Waals surface area contributed by atoms with E-state index in [1.54, 1.807) is 33.1 Å². The maximum absolute atomic E-state index is 11.4. The van der Waals surface area contributed by atoms with E-state index in [9.17, 15) is 8.42 Å². The third-order valence-electron chi connectivity index (χ3n) is 2.61. The molecule has 0 saturated heterocycles. The van der Waals surface area contributed by atoms with Crippen LogP contribution in [0.5, 0.6) is 5.75 Å². The summed E-state index contributed by atoms with van der Waals surface area (Å²) in [6.45, 7) is 5.25. The molecule has 0 aliphatic heterocycles. The average molecular weight is 323 g/mol. The molecule has 0 amide bonds. The van der Waals surface area contributed by atoms with Crippen LogP contribution in [0.25, 0.3) is 0 Å². The first-order chi connectivity index (χ1) is 9.36. The van der Waals surface area contributed by atoms with Gasteiger partial charge in [-0.05, 0) is 37.1 Å². The van der Waals surface area contributed by atoms with Crippen LogP contribution in [-0.4, -0.2) is 42.0 Å². The van der Waals surface area contributed by atoms with Crippen LogP contribution in [0.3, 0.4) is 0 Å². The predicted molar refractivity (Wildman–Crippen MR) is 77.1 cm³/mol. The van der Waals surface area contributed by atoms with Gasteiger partial charge in [0.05, 0.1) is 24.7 Å². The Balaban J connectivity index is 2.62. The van der Waals surface area contributed by atoms with Crippen molar-refractivity contribution < 1.29 is 22.6 Å². The van der Waals surface area contributed by atoms with E-state index in [4.69, 9.17) is 24.9 Å². The molecule has 0 aliphatic carbocycles. The Labute approximate surface area is 124 Å². The minimum Gasteiger partial charge on any atom is -0.491 e. The summed E-state index contributed by atoms with van der Waals surface area (Å²) in [5.41, 5.74) is 1.13. The van der Waals surface area contributed by atoms with Crippen LogP contribution >= 0.6 is 10.7 Å². The molecule has 114 valence electrons. The predicted octanol–water partition coefficient (Wildman–Crippen LogP) is 2.27. The highest BCUT2D eigenvalue weighted by atomic mass is 35.7. The third-order valence-corrected chi connectivity index (χ3v) is 4.20. The molecule has 7 heteroatoms. The minimum absolute atomic E-state index is 0.142. The van der Waals surface area contributed by atoms with Gasteiger partial charge in [-0.15, -0.1) is 0 Å². The first kappa shape index (κ1) is 17.2. The van der Waals surface area contributed by atoms with Crippen molar-refractivity contribution in [3.8, 4) is 5.75 Å². The van der Waals surface area contributed by atoms with Crippen molar-refractivity contribution in [1.29, 1.82) is 0 Å². The highest BCUT2D eigenvalue weighted by Gasteiger charge is 2.17. The Hall–Kier alpha value is -0.820. The number of ether oxygens (including phenoxy) is 3. The zero-order valence-corrected chi connectivity index (χ0v) is 13.4. The van der Waals surface area contributed by atoms with Crippen molar-refractivity contribution in [2.75, 3.05) is 33.5 Å². The highest BCUT2D eigenvalue weighted by Crippen LogP contribution is 2.28. The molecule has 5 nitrogen and oxygen atoms in total. The molecule has 1 aromatic rings. The summed E-state index contributed by atoms with van der Waals surface area (Å²) in [7, 11) is 3.27. The molecule has 0 bridgehead atoms. The Morgan fingerprint density at radius 3 is 2.10 bits per heavy atom. The standard InChI is InChI=1S/C13H19ClO5S/c1-10-8-12(19-7-6-18-5-4-17-3)9-11(2)13(10)20(14,15)16/h8-9H,4-7H2,1-3H3. The number of hydrogen-bond acceptors (Lipinski definition) is 5. The minimum atomic E-state index is -3.74. The second-order valence-corrected chi connectivity index (χ2v) is 6.78. The molecule has 0 spiro atoms. The molecule has 0 atom stereocenters. The van der Waals surface area contributed by atoms with E-state index in [0.29, 0.717) is 43.3 Å². The fourth-order valence-corrected chi connectivity index (χ4v) is 3.46. The lowest BCUT2D eigenvalue weighted by Gasteiger charge is -2.11. The summed E-state index contributed by atoms with van der Waals surface area (Å²) in [5, 5.41) is 0. The summed E-state index contributed by atoms with van der Waals surface area (Å²) >= 11 is 0. The molecule has 0 N–H and O–H groups in total. The molecule has 0 unspecified atom stereocenters. The summed E-state index contributed by atoms with van der Waals surface area (Å²) < 4.78 is 38.5. The van der Waals surface area contributed by atoms with Gasteiger partial charge in [-0.25, -0.2) is 8.42 Å². The van der Waals surface area contributed by atoms with E-state index in [1.807, 2.05) is 0 Å². The van der Waals surface area contributed by atoms with Crippen molar-refractivity contribution in [1.82, 2.24) is 0 Å². The first-order valence-electron chi connectivity index (χ1n) is 6.11. The van der Waals surface area contributed by atoms with E-state index in [-0.39, 0.29) is 4.90 Å². The Bertz CT molecular complexity index is 519. The van der Waals surface area contributed by atoms with Gasteiger partial charge in [0.2, 0.25) is 0 Å². The van der Waals surface area contributed by atoms with E-state index in [1.165, 1.54) is 0 Å². The number of aryl methyl sites for hydroxylation is 2. The van der Waals surface area contributed by atoms with Gasteiger partial charge in [-0.3, -0.25) is 0 Å². The molecule has 0 radical (unpaired) electrons. The molecule has 20 heavy (non-hydrogen) atoms. The van der Waals surface area contributed by atoms with Gasteiger partial charge in [-0.2, -0.15) is 0 Å². The average Bonchev–Trinajstić information content (AvgIpc) is 2.31. The van der Waals surface area contributed by atoms with Crippen LogP contribution in [0, 0.1) is 13.8 Å².